The smallest absolute Gasteiger partial charge is 0.223 e. The lowest BCUT2D eigenvalue weighted by Gasteiger charge is -2.22. The van der Waals surface area contributed by atoms with Crippen molar-refractivity contribution in [3.8, 4) is 0 Å². The molecule has 2 aromatic rings. The molecule has 3 heterocycles. The molecular formula is C16H20FN5O2S. The summed E-state index contributed by atoms with van der Waals surface area (Å²) in [5, 5.41) is 3.31. The van der Waals surface area contributed by atoms with Gasteiger partial charge in [0.15, 0.2) is 10.9 Å². The number of hydrogen-bond acceptors (Lipinski definition) is 7. The van der Waals surface area contributed by atoms with Crippen molar-refractivity contribution in [1.29, 1.82) is 0 Å². The third-order valence-electron chi connectivity index (χ3n) is 3.78. The minimum absolute atomic E-state index is 0.122. The predicted octanol–water partition coefficient (Wildman–Crippen LogP) is 1.72. The van der Waals surface area contributed by atoms with E-state index in [9.17, 15) is 9.18 Å². The van der Waals surface area contributed by atoms with Crippen LogP contribution in [0.15, 0.2) is 18.6 Å². The molecule has 1 N–H and O–H groups in total. The third kappa shape index (κ3) is 5.52. The molecule has 3 rings (SSSR count). The van der Waals surface area contributed by atoms with Crippen molar-refractivity contribution >= 4 is 22.4 Å². The minimum atomic E-state index is -0.428. The van der Waals surface area contributed by atoms with Crippen LogP contribution in [0.5, 0.6) is 0 Å². The molecule has 0 aromatic carbocycles. The van der Waals surface area contributed by atoms with E-state index in [1.165, 1.54) is 30.7 Å². The van der Waals surface area contributed by atoms with Crippen molar-refractivity contribution in [3.05, 3.63) is 35.1 Å². The largest absolute Gasteiger partial charge is 0.380 e. The second kappa shape index (κ2) is 8.41. The standard InChI is InChI=1S/C16H20FN5O2S/c1-11(23)21-16-20-7-14(25-16)9-22-2-3-24-10-12(8-22)4-15-18-5-13(17)6-19-15/h5-7,12H,2-4,8-10H2,1H3,(H,20,21,23)/t12-/m1/s1. The van der Waals surface area contributed by atoms with Gasteiger partial charge in [-0.3, -0.25) is 9.69 Å². The van der Waals surface area contributed by atoms with Crippen molar-refractivity contribution in [2.45, 2.75) is 19.9 Å². The molecule has 25 heavy (non-hydrogen) atoms. The second-order valence-electron chi connectivity index (χ2n) is 6.01. The van der Waals surface area contributed by atoms with Crippen LogP contribution in [0.2, 0.25) is 0 Å². The van der Waals surface area contributed by atoms with E-state index < -0.39 is 5.82 Å². The molecule has 1 aliphatic rings. The lowest BCUT2D eigenvalue weighted by atomic mass is 10.1. The first-order valence-electron chi connectivity index (χ1n) is 8.07. The van der Waals surface area contributed by atoms with E-state index in [1.54, 1.807) is 6.20 Å². The Morgan fingerprint density at radius 3 is 2.96 bits per heavy atom. The number of thiazole rings is 1. The fraction of sp³-hybridized carbons (Fsp3) is 0.500. The summed E-state index contributed by atoms with van der Waals surface area (Å²) in [6, 6.07) is 0. The highest BCUT2D eigenvalue weighted by molar-refractivity contribution is 7.15. The molecule has 1 aliphatic heterocycles. The van der Waals surface area contributed by atoms with Crippen LogP contribution in [-0.2, 0) is 22.5 Å². The SMILES string of the molecule is CC(=O)Nc1ncc(CN2CCOC[C@H](Cc3ncc(F)cn3)C2)s1. The molecule has 0 saturated carbocycles. The van der Waals surface area contributed by atoms with E-state index in [0.717, 1.165) is 24.5 Å². The number of halogens is 1. The van der Waals surface area contributed by atoms with Gasteiger partial charge in [-0.1, -0.05) is 0 Å². The Bertz CT molecular complexity index is 709. The average molecular weight is 365 g/mol. The Labute approximate surface area is 149 Å². The average Bonchev–Trinajstić information content (AvgIpc) is 2.87. The Balaban J connectivity index is 1.58. The molecule has 1 atom stereocenters. The molecule has 0 spiro atoms. The fourth-order valence-electron chi connectivity index (χ4n) is 2.73. The summed E-state index contributed by atoms with van der Waals surface area (Å²) in [6.07, 6.45) is 4.83. The summed E-state index contributed by atoms with van der Waals surface area (Å²) in [7, 11) is 0. The Kier molecular flexibility index (Phi) is 6.00. The van der Waals surface area contributed by atoms with E-state index in [1.807, 2.05) is 0 Å². The number of hydrogen-bond donors (Lipinski definition) is 1. The molecule has 7 nitrogen and oxygen atoms in total. The number of carbonyl (C=O) groups is 1. The fourth-order valence-corrected chi connectivity index (χ4v) is 3.63. The normalized spacial score (nSPS) is 18.7. The number of anilines is 1. The van der Waals surface area contributed by atoms with Crippen LogP contribution < -0.4 is 5.32 Å². The van der Waals surface area contributed by atoms with E-state index in [4.69, 9.17) is 4.74 Å². The summed E-state index contributed by atoms with van der Waals surface area (Å²) in [4.78, 5) is 26.8. The van der Waals surface area contributed by atoms with Gasteiger partial charge in [0.05, 0.1) is 25.6 Å². The number of rotatable bonds is 5. The maximum absolute atomic E-state index is 12.9. The molecule has 0 unspecified atom stereocenters. The van der Waals surface area contributed by atoms with E-state index in [0.29, 0.717) is 30.6 Å². The summed E-state index contributed by atoms with van der Waals surface area (Å²) in [6.45, 7) is 5.19. The van der Waals surface area contributed by atoms with Crippen molar-refractivity contribution in [2.75, 3.05) is 31.6 Å². The molecule has 1 saturated heterocycles. The van der Waals surface area contributed by atoms with Crippen LogP contribution in [0.3, 0.4) is 0 Å². The molecule has 0 aliphatic carbocycles. The minimum Gasteiger partial charge on any atom is -0.380 e. The molecule has 134 valence electrons. The van der Waals surface area contributed by atoms with Crippen LogP contribution in [-0.4, -0.2) is 52.1 Å². The second-order valence-corrected chi connectivity index (χ2v) is 7.13. The van der Waals surface area contributed by atoms with Crippen LogP contribution in [0, 0.1) is 11.7 Å². The topological polar surface area (TPSA) is 80.2 Å². The summed E-state index contributed by atoms with van der Waals surface area (Å²) >= 11 is 1.48. The monoisotopic (exact) mass is 365 g/mol. The first kappa shape index (κ1) is 17.8. The van der Waals surface area contributed by atoms with Gasteiger partial charge in [-0.25, -0.2) is 19.3 Å². The summed E-state index contributed by atoms with van der Waals surface area (Å²) in [5.74, 6) is 0.323. The quantitative estimate of drug-likeness (QED) is 0.869. The number of amides is 1. The predicted molar refractivity (Wildman–Crippen MR) is 91.7 cm³/mol. The van der Waals surface area contributed by atoms with Crippen molar-refractivity contribution in [1.82, 2.24) is 19.9 Å². The number of ether oxygens (including phenoxy) is 1. The number of aromatic nitrogens is 3. The Hall–Kier alpha value is -1.97. The van der Waals surface area contributed by atoms with Crippen molar-refractivity contribution in [2.24, 2.45) is 5.92 Å². The van der Waals surface area contributed by atoms with E-state index in [-0.39, 0.29) is 11.8 Å². The lowest BCUT2D eigenvalue weighted by Crippen LogP contribution is -2.30. The maximum atomic E-state index is 12.9. The van der Waals surface area contributed by atoms with Gasteiger partial charge < -0.3 is 10.1 Å². The molecule has 0 bridgehead atoms. The van der Waals surface area contributed by atoms with Crippen LogP contribution >= 0.6 is 11.3 Å². The Morgan fingerprint density at radius 1 is 1.40 bits per heavy atom. The molecule has 9 heteroatoms. The third-order valence-corrected chi connectivity index (χ3v) is 4.68. The molecular weight excluding hydrogens is 345 g/mol. The zero-order chi connectivity index (χ0) is 17.6. The lowest BCUT2D eigenvalue weighted by molar-refractivity contribution is -0.114. The van der Waals surface area contributed by atoms with Gasteiger partial charge in [0.1, 0.15) is 5.82 Å². The van der Waals surface area contributed by atoms with Gasteiger partial charge in [0.25, 0.3) is 0 Å². The number of carbonyl (C=O) groups excluding carboxylic acids is 1. The van der Waals surface area contributed by atoms with Gasteiger partial charge >= 0.3 is 0 Å². The van der Waals surface area contributed by atoms with Gasteiger partial charge in [-0.2, -0.15) is 0 Å². The highest BCUT2D eigenvalue weighted by atomic mass is 32.1. The van der Waals surface area contributed by atoms with Gasteiger partial charge in [0, 0.05) is 50.0 Å². The summed E-state index contributed by atoms with van der Waals surface area (Å²) in [5.41, 5.74) is 0. The highest BCUT2D eigenvalue weighted by Gasteiger charge is 2.21. The first-order valence-corrected chi connectivity index (χ1v) is 8.89. The zero-order valence-corrected chi connectivity index (χ0v) is 14.8. The van der Waals surface area contributed by atoms with Crippen LogP contribution in [0.1, 0.15) is 17.6 Å². The number of nitrogens with one attached hydrogen (secondary N) is 1. The van der Waals surface area contributed by atoms with Crippen LogP contribution in [0.25, 0.3) is 0 Å². The number of nitrogens with zero attached hydrogens (tertiary/aromatic N) is 4. The maximum Gasteiger partial charge on any atom is 0.223 e. The van der Waals surface area contributed by atoms with Gasteiger partial charge in [-0.15, -0.1) is 11.3 Å². The van der Waals surface area contributed by atoms with E-state index in [2.05, 4.69) is 25.2 Å². The first-order chi connectivity index (χ1) is 12.1. The highest BCUT2D eigenvalue weighted by Crippen LogP contribution is 2.21. The zero-order valence-electron chi connectivity index (χ0n) is 13.9. The van der Waals surface area contributed by atoms with Gasteiger partial charge in [0.2, 0.25) is 5.91 Å². The van der Waals surface area contributed by atoms with Crippen molar-refractivity contribution in [3.63, 3.8) is 0 Å². The van der Waals surface area contributed by atoms with E-state index >= 15 is 0 Å². The summed E-state index contributed by atoms with van der Waals surface area (Å²) < 4.78 is 18.6. The van der Waals surface area contributed by atoms with Crippen LogP contribution in [0.4, 0.5) is 9.52 Å². The van der Waals surface area contributed by atoms with Crippen molar-refractivity contribution < 1.29 is 13.9 Å². The Morgan fingerprint density at radius 2 is 2.20 bits per heavy atom. The molecule has 0 radical (unpaired) electrons. The molecule has 1 fully saturated rings. The molecule has 1 amide bonds. The molecule has 2 aromatic heterocycles. The van der Waals surface area contributed by atoms with Gasteiger partial charge in [-0.05, 0) is 0 Å².